The van der Waals surface area contributed by atoms with E-state index in [1.54, 1.807) is 0 Å². The van der Waals surface area contributed by atoms with Gasteiger partial charge in [0.05, 0.1) is 0 Å². The van der Waals surface area contributed by atoms with Crippen LogP contribution in [0.3, 0.4) is 0 Å². The molecule has 52 valence electrons. The predicted octanol–water partition coefficient (Wildman–Crippen LogP) is 2.00. The molecule has 0 aromatic heterocycles. The van der Waals surface area contributed by atoms with Gasteiger partial charge < -0.3 is 0 Å². The zero-order chi connectivity index (χ0) is 6.95. The zero-order valence-corrected chi connectivity index (χ0v) is 7.74. The summed E-state index contributed by atoms with van der Waals surface area (Å²) in [7, 11) is 0. The van der Waals surface area contributed by atoms with Gasteiger partial charge in [0, 0.05) is 0 Å². The SMILES string of the molecule is N#C[Se]CCCCCCl. The van der Waals surface area contributed by atoms with Crippen molar-refractivity contribution in [1.82, 2.24) is 0 Å². The van der Waals surface area contributed by atoms with Gasteiger partial charge in [-0.05, 0) is 0 Å². The molecule has 0 aromatic rings. The number of hydrogen-bond donors (Lipinski definition) is 0. The molecule has 0 aromatic carbocycles. The number of alkyl halides is 1. The van der Waals surface area contributed by atoms with E-state index in [0.29, 0.717) is 0 Å². The zero-order valence-electron chi connectivity index (χ0n) is 5.27. The Bertz CT molecular complexity index is 89.5. The minimum atomic E-state index is 0.228. The molecule has 0 saturated carbocycles. The van der Waals surface area contributed by atoms with Crippen molar-refractivity contribution in [3.05, 3.63) is 0 Å². The van der Waals surface area contributed by atoms with Gasteiger partial charge in [-0.25, -0.2) is 0 Å². The molecule has 0 fully saturated rings. The number of unbranched alkanes of at least 4 members (excludes halogenated alkanes) is 2. The van der Waals surface area contributed by atoms with E-state index in [-0.39, 0.29) is 15.0 Å². The Hall–Kier alpha value is 0.299. The van der Waals surface area contributed by atoms with E-state index in [2.05, 4.69) is 4.97 Å². The van der Waals surface area contributed by atoms with Crippen LogP contribution in [0, 0.1) is 10.2 Å². The van der Waals surface area contributed by atoms with Crippen LogP contribution < -0.4 is 0 Å². The van der Waals surface area contributed by atoms with E-state index in [1.807, 2.05) is 0 Å². The van der Waals surface area contributed by atoms with Crippen LogP contribution in [0.2, 0.25) is 5.32 Å². The number of nitrogens with zero attached hydrogens (tertiary/aromatic N) is 1. The van der Waals surface area contributed by atoms with Gasteiger partial charge in [0.2, 0.25) is 0 Å². The van der Waals surface area contributed by atoms with Gasteiger partial charge in [-0.3, -0.25) is 0 Å². The summed E-state index contributed by atoms with van der Waals surface area (Å²) in [6.45, 7) is 0. The topological polar surface area (TPSA) is 23.8 Å². The molecule has 0 amide bonds. The Morgan fingerprint density at radius 1 is 1.33 bits per heavy atom. The van der Waals surface area contributed by atoms with Crippen molar-refractivity contribution in [2.24, 2.45) is 0 Å². The van der Waals surface area contributed by atoms with Gasteiger partial charge in [-0.15, -0.1) is 0 Å². The van der Waals surface area contributed by atoms with Crippen LogP contribution in [0.15, 0.2) is 0 Å². The monoisotopic (exact) mass is 211 g/mol. The minimum absolute atomic E-state index is 0.228. The molecule has 0 radical (unpaired) electrons. The van der Waals surface area contributed by atoms with Crippen molar-refractivity contribution in [3.63, 3.8) is 0 Å². The molecule has 0 aliphatic rings. The Balaban J connectivity index is 2.69. The summed E-state index contributed by atoms with van der Waals surface area (Å²) in [4.78, 5) is 2.17. The molecular formula is C6H10ClNSe. The molecule has 0 spiro atoms. The van der Waals surface area contributed by atoms with Gasteiger partial charge in [0.1, 0.15) is 0 Å². The van der Waals surface area contributed by atoms with E-state index in [0.717, 1.165) is 17.6 Å². The van der Waals surface area contributed by atoms with Gasteiger partial charge in [0.25, 0.3) is 0 Å². The van der Waals surface area contributed by atoms with E-state index in [1.165, 1.54) is 12.8 Å². The third-order valence-corrected chi connectivity index (χ3v) is 2.52. The Morgan fingerprint density at radius 3 is 2.67 bits per heavy atom. The first-order valence-electron chi connectivity index (χ1n) is 2.98. The third-order valence-electron chi connectivity index (χ3n) is 0.945. The summed E-state index contributed by atoms with van der Waals surface area (Å²) in [5, 5.41) is 9.27. The Kier molecular flexibility index (Phi) is 8.58. The average molecular weight is 211 g/mol. The summed E-state index contributed by atoms with van der Waals surface area (Å²) in [5.74, 6) is 0.763. The number of halogens is 1. The summed E-state index contributed by atoms with van der Waals surface area (Å²) < 4.78 is 0. The molecule has 0 aliphatic heterocycles. The number of rotatable bonds is 5. The van der Waals surface area contributed by atoms with Crippen LogP contribution in [0.25, 0.3) is 0 Å². The van der Waals surface area contributed by atoms with E-state index in [9.17, 15) is 0 Å². The van der Waals surface area contributed by atoms with Crippen LogP contribution >= 0.6 is 11.6 Å². The number of nitriles is 1. The van der Waals surface area contributed by atoms with E-state index in [4.69, 9.17) is 16.9 Å². The summed E-state index contributed by atoms with van der Waals surface area (Å²) in [6.07, 6.45) is 3.47. The third kappa shape index (κ3) is 8.30. The van der Waals surface area contributed by atoms with Crippen LogP contribution in [-0.2, 0) is 0 Å². The van der Waals surface area contributed by atoms with E-state index >= 15 is 0 Å². The predicted molar refractivity (Wildman–Crippen MR) is 40.7 cm³/mol. The first-order valence-corrected chi connectivity index (χ1v) is 5.59. The maximum atomic E-state index is 8.17. The molecule has 0 unspecified atom stereocenters. The molecule has 0 aliphatic carbocycles. The van der Waals surface area contributed by atoms with Crippen molar-refractivity contribution in [2.75, 3.05) is 5.88 Å². The average Bonchev–Trinajstić information content (AvgIpc) is 1.89. The molecule has 0 heterocycles. The van der Waals surface area contributed by atoms with Crippen molar-refractivity contribution < 1.29 is 0 Å². The summed E-state index contributed by atoms with van der Waals surface area (Å²) in [6, 6.07) is 0. The molecule has 3 heteroatoms. The van der Waals surface area contributed by atoms with Crippen molar-refractivity contribution in [2.45, 2.75) is 24.6 Å². The second-order valence-electron chi connectivity index (χ2n) is 1.69. The van der Waals surface area contributed by atoms with Crippen molar-refractivity contribution in [1.29, 1.82) is 5.26 Å². The van der Waals surface area contributed by atoms with E-state index < -0.39 is 0 Å². The van der Waals surface area contributed by atoms with Crippen LogP contribution in [0.1, 0.15) is 19.3 Å². The van der Waals surface area contributed by atoms with Gasteiger partial charge in [-0.1, -0.05) is 0 Å². The molecule has 0 atom stereocenters. The van der Waals surface area contributed by atoms with Gasteiger partial charge in [0.15, 0.2) is 0 Å². The Morgan fingerprint density at radius 2 is 2.11 bits per heavy atom. The van der Waals surface area contributed by atoms with Crippen molar-refractivity contribution in [3.8, 4) is 4.97 Å². The molecule has 0 saturated heterocycles. The first kappa shape index (κ1) is 9.30. The second kappa shape index (κ2) is 8.30. The second-order valence-corrected chi connectivity index (χ2v) is 3.91. The normalized spacial score (nSPS) is 8.89. The number of hydrogen-bond acceptors (Lipinski definition) is 1. The molecule has 0 bridgehead atoms. The Labute approximate surface area is 67.5 Å². The maximum absolute atomic E-state index is 8.17. The van der Waals surface area contributed by atoms with Gasteiger partial charge in [-0.2, -0.15) is 0 Å². The molecule has 0 rings (SSSR count). The molecule has 0 N–H and O–H groups in total. The quantitative estimate of drug-likeness (QED) is 0.387. The van der Waals surface area contributed by atoms with Crippen LogP contribution in [0.4, 0.5) is 0 Å². The van der Waals surface area contributed by atoms with Crippen LogP contribution in [-0.4, -0.2) is 20.8 Å². The fourth-order valence-corrected chi connectivity index (χ4v) is 1.60. The molecule has 9 heavy (non-hydrogen) atoms. The molecule has 1 nitrogen and oxygen atoms in total. The first-order chi connectivity index (χ1) is 4.41. The summed E-state index contributed by atoms with van der Waals surface area (Å²) >= 11 is 5.68. The molecular weight excluding hydrogens is 200 g/mol. The van der Waals surface area contributed by atoms with Crippen molar-refractivity contribution >= 4 is 26.6 Å². The fourth-order valence-electron chi connectivity index (χ4n) is 0.491. The van der Waals surface area contributed by atoms with Gasteiger partial charge >= 0.3 is 67.2 Å². The fraction of sp³-hybridized carbons (Fsp3) is 0.833. The summed E-state index contributed by atoms with van der Waals surface area (Å²) in [5.41, 5.74) is 0. The standard InChI is InChI=1S/C6H10ClNSe/c7-4-2-1-3-5-9-6-8/h1-5H2. The van der Waals surface area contributed by atoms with Crippen LogP contribution in [0.5, 0.6) is 0 Å².